The van der Waals surface area contributed by atoms with E-state index in [4.69, 9.17) is 15.2 Å². The fourth-order valence-electron chi connectivity index (χ4n) is 1.83. The average Bonchev–Trinajstić information content (AvgIpc) is 2.48. The highest BCUT2D eigenvalue weighted by Crippen LogP contribution is 2.31. The van der Waals surface area contributed by atoms with Crippen LogP contribution in [0.2, 0.25) is 0 Å². The third-order valence-electron chi connectivity index (χ3n) is 2.85. The van der Waals surface area contributed by atoms with E-state index in [-0.39, 0.29) is 0 Å². The van der Waals surface area contributed by atoms with Gasteiger partial charge in [-0.15, -0.1) is 0 Å². The molecule has 0 aromatic heterocycles. The summed E-state index contributed by atoms with van der Waals surface area (Å²) in [6, 6.07) is 13.6. The first-order valence-electron chi connectivity index (χ1n) is 6.05. The van der Waals surface area contributed by atoms with E-state index >= 15 is 0 Å². The summed E-state index contributed by atoms with van der Waals surface area (Å²) < 4.78 is 10.5. The topological polar surface area (TPSA) is 56.5 Å². The Hall–Kier alpha value is -2.20. The Morgan fingerprint density at radius 2 is 1.89 bits per heavy atom. The van der Waals surface area contributed by atoms with Gasteiger partial charge < -0.3 is 20.5 Å². The molecular formula is C15H18N2O2. The third-order valence-corrected chi connectivity index (χ3v) is 2.85. The van der Waals surface area contributed by atoms with Crippen molar-refractivity contribution in [2.24, 2.45) is 5.73 Å². The number of nitrogens with two attached hydrogens (primary N) is 1. The smallest absolute Gasteiger partial charge is 0.145 e. The number of rotatable bonds is 5. The minimum absolute atomic E-state index is 0.523. The molecule has 19 heavy (non-hydrogen) atoms. The number of hydrogen-bond donors (Lipinski definition) is 2. The van der Waals surface area contributed by atoms with Crippen LogP contribution < -0.4 is 20.5 Å². The van der Waals surface area contributed by atoms with E-state index in [1.54, 1.807) is 14.2 Å². The van der Waals surface area contributed by atoms with Gasteiger partial charge in [-0.05, 0) is 29.8 Å². The van der Waals surface area contributed by atoms with E-state index in [2.05, 4.69) is 5.32 Å². The van der Waals surface area contributed by atoms with Crippen LogP contribution in [-0.2, 0) is 6.54 Å². The van der Waals surface area contributed by atoms with Crippen LogP contribution in [-0.4, -0.2) is 14.2 Å². The molecular weight excluding hydrogens is 240 g/mol. The summed E-state index contributed by atoms with van der Waals surface area (Å²) in [5, 5.41) is 3.31. The van der Waals surface area contributed by atoms with Gasteiger partial charge in [0, 0.05) is 18.3 Å². The van der Waals surface area contributed by atoms with Crippen molar-refractivity contribution in [3.63, 3.8) is 0 Å². The van der Waals surface area contributed by atoms with Gasteiger partial charge in [0.1, 0.15) is 11.5 Å². The lowest BCUT2D eigenvalue weighted by atomic mass is 10.2. The van der Waals surface area contributed by atoms with Crippen LogP contribution in [0.5, 0.6) is 11.5 Å². The molecule has 100 valence electrons. The third kappa shape index (κ3) is 3.17. The molecule has 0 atom stereocenters. The molecule has 0 saturated carbocycles. The number of benzene rings is 2. The Bertz CT molecular complexity index is 556. The Morgan fingerprint density at radius 1 is 1.05 bits per heavy atom. The quantitative estimate of drug-likeness (QED) is 0.865. The molecule has 0 spiro atoms. The number of anilines is 2. The molecule has 0 radical (unpaired) electrons. The summed E-state index contributed by atoms with van der Waals surface area (Å²) in [5.74, 6) is 1.50. The molecule has 0 saturated heterocycles. The minimum Gasteiger partial charge on any atom is -0.497 e. The van der Waals surface area contributed by atoms with Crippen LogP contribution >= 0.6 is 0 Å². The molecule has 0 amide bonds. The van der Waals surface area contributed by atoms with Crippen molar-refractivity contribution in [3.05, 3.63) is 48.0 Å². The maximum atomic E-state index is 5.64. The van der Waals surface area contributed by atoms with Gasteiger partial charge in [-0.1, -0.05) is 12.1 Å². The molecule has 2 aromatic rings. The lowest BCUT2D eigenvalue weighted by Gasteiger charge is -2.13. The van der Waals surface area contributed by atoms with E-state index in [0.717, 1.165) is 28.4 Å². The van der Waals surface area contributed by atoms with Crippen molar-refractivity contribution < 1.29 is 9.47 Å². The lowest BCUT2D eigenvalue weighted by Crippen LogP contribution is -1.99. The van der Waals surface area contributed by atoms with E-state index in [0.29, 0.717) is 6.54 Å². The second kappa shape index (κ2) is 6.11. The molecule has 0 aliphatic carbocycles. The molecule has 0 aliphatic heterocycles. The maximum absolute atomic E-state index is 5.64. The predicted octanol–water partition coefficient (Wildman–Crippen LogP) is 2.91. The van der Waals surface area contributed by atoms with Crippen LogP contribution in [0, 0.1) is 0 Å². The first kappa shape index (κ1) is 13.2. The van der Waals surface area contributed by atoms with E-state index in [1.165, 1.54) is 0 Å². The van der Waals surface area contributed by atoms with Gasteiger partial charge in [0.25, 0.3) is 0 Å². The Balaban J connectivity index is 2.26. The molecule has 0 heterocycles. The largest absolute Gasteiger partial charge is 0.497 e. The highest BCUT2D eigenvalue weighted by atomic mass is 16.5. The number of ether oxygens (including phenoxy) is 2. The van der Waals surface area contributed by atoms with E-state index in [1.807, 2.05) is 42.5 Å². The number of nitrogens with one attached hydrogen (secondary N) is 1. The average molecular weight is 258 g/mol. The molecule has 4 heteroatoms. The van der Waals surface area contributed by atoms with Crippen molar-refractivity contribution in [1.29, 1.82) is 0 Å². The predicted molar refractivity (Wildman–Crippen MR) is 77.2 cm³/mol. The van der Waals surface area contributed by atoms with Gasteiger partial charge in [-0.25, -0.2) is 0 Å². The minimum atomic E-state index is 0.523. The molecule has 0 aliphatic rings. The second-order valence-corrected chi connectivity index (χ2v) is 4.10. The molecule has 0 unspecified atom stereocenters. The van der Waals surface area contributed by atoms with Crippen LogP contribution in [0.1, 0.15) is 5.56 Å². The molecule has 0 fully saturated rings. The zero-order valence-corrected chi connectivity index (χ0v) is 11.1. The van der Waals surface area contributed by atoms with Crippen LogP contribution in [0.3, 0.4) is 0 Å². The second-order valence-electron chi connectivity index (χ2n) is 4.10. The van der Waals surface area contributed by atoms with Gasteiger partial charge in [0.15, 0.2) is 0 Å². The van der Waals surface area contributed by atoms with Gasteiger partial charge in [0.05, 0.1) is 19.9 Å². The first-order chi connectivity index (χ1) is 9.26. The van der Waals surface area contributed by atoms with Gasteiger partial charge in [-0.2, -0.15) is 0 Å². The molecule has 3 N–H and O–H groups in total. The van der Waals surface area contributed by atoms with Gasteiger partial charge >= 0.3 is 0 Å². The lowest BCUT2D eigenvalue weighted by molar-refractivity contribution is 0.395. The Labute approximate surface area is 113 Å². The molecule has 4 nitrogen and oxygen atoms in total. The van der Waals surface area contributed by atoms with Crippen molar-refractivity contribution in [2.75, 3.05) is 19.5 Å². The van der Waals surface area contributed by atoms with Gasteiger partial charge in [-0.3, -0.25) is 0 Å². The summed E-state index contributed by atoms with van der Waals surface area (Å²) in [6.45, 7) is 0.523. The van der Waals surface area contributed by atoms with E-state index < -0.39 is 0 Å². The Kier molecular flexibility index (Phi) is 4.26. The highest BCUT2D eigenvalue weighted by Gasteiger charge is 2.05. The SMILES string of the molecule is COc1ccc(Nc2cccc(CN)c2)c(OC)c1. The molecule has 0 bridgehead atoms. The summed E-state index contributed by atoms with van der Waals surface area (Å²) in [6.07, 6.45) is 0. The van der Waals surface area contributed by atoms with Gasteiger partial charge in [0.2, 0.25) is 0 Å². The van der Waals surface area contributed by atoms with Crippen LogP contribution in [0.15, 0.2) is 42.5 Å². The maximum Gasteiger partial charge on any atom is 0.145 e. The summed E-state index contributed by atoms with van der Waals surface area (Å²) in [5.41, 5.74) is 8.58. The molecule has 2 rings (SSSR count). The van der Waals surface area contributed by atoms with Crippen molar-refractivity contribution in [2.45, 2.75) is 6.54 Å². The Morgan fingerprint density at radius 3 is 2.58 bits per heavy atom. The number of methoxy groups -OCH3 is 2. The number of hydrogen-bond acceptors (Lipinski definition) is 4. The van der Waals surface area contributed by atoms with E-state index in [9.17, 15) is 0 Å². The fraction of sp³-hybridized carbons (Fsp3) is 0.200. The monoisotopic (exact) mass is 258 g/mol. The standard InChI is InChI=1S/C15H18N2O2/c1-18-13-6-7-14(15(9-13)19-2)17-12-5-3-4-11(8-12)10-16/h3-9,17H,10,16H2,1-2H3. The summed E-state index contributed by atoms with van der Waals surface area (Å²) in [4.78, 5) is 0. The highest BCUT2D eigenvalue weighted by molar-refractivity contribution is 5.67. The van der Waals surface area contributed by atoms with Crippen LogP contribution in [0.25, 0.3) is 0 Å². The zero-order valence-electron chi connectivity index (χ0n) is 11.1. The molecule has 2 aromatic carbocycles. The van der Waals surface area contributed by atoms with Crippen LogP contribution in [0.4, 0.5) is 11.4 Å². The van der Waals surface area contributed by atoms with Crippen molar-refractivity contribution in [1.82, 2.24) is 0 Å². The first-order valence-corrected chi connectivity index (χ1v) is 6.05. The normalized spacial score (nSPS) is 10.1. The van der Waals surface area contributed by atoms with Crippen molar-refractivity contribution >= 4 is 11.4 Å². The summed E-state index contributed by atoms with van der Waals surface area (Å²) in [7, 11) is 3.27. The zero-order chi connectivity index (χ0) is 13.7. The van der Waals surface area contributed by atoms with Crippen molar-refractivity contribution in [3.8, 4) is 11.5 Å². The summed E-state index contributed by atoms with van der Waals surface area (Å²) >= 11 is 0. The fourth-order valence-corrected chi connectivity index (χ4v) is 1.83.